The lowest BCUT2D eigenvalue weighted by atomic mass is 10.1. The summed E-state index contributed by atoms with van der Waals surface area (Å²) in [6.45, 7) is 0.447. The molecule has 3 heterocycles. The summed E-state index contributed by atoms with van der Waals surface area (Å²) in [6, 6.07) is 10.6. The number of carbonyl (C=O) groups is 2. The van der Waals surface area contributed by atoms with Crippen LogP contribution < -0.4 is 19.7 Å². The highest BCUT2D eigenvalue weighted by atomic mass is 35.5. The van der Waals surface area contributed by atoms with Gasteiger partial charge in [-0.05, 0) is 42.1 Å². The first-order valence-electron chi connectivity index (χ1n) is 9.93. The Kier molecular flexibility index (Phi) is 5.44. The Labute approximate surface area is 193 Å². The molecule has 1 saturated heterocycles. The lowest BCUT2D eigenvalue weighted by Gasteiger charge is -2.17. The molecule has 0 spiro atoms. The van der Waals surface area contributed by atoms with Crippen LogP contribution in [0, 0.1) is 5.92 Å². The third-order valence-corrected chi connectivity index (χ3v) is 6.73. The van der Waals surface area contributed by atoms with Gasteiger partial charge in [0.2, 0.25) is 18.6 Å². The summed E-state index contributed by atoms with van der Waals surface area (Å²) in [5.41, 5.74) is 1.27. The average molecular weight is 471 g/mol. The van der Waals surface area contributed by atoms with Crippen LogP contribution in [0.4, 0.5) is 11.4 Å². The lowest BCUT2D eigenvalue weighted by molar-refractivity contribution is -0.122. The van der Waals surface area contributed by atoms with Gasteiger partial charge < -0.3 is 24.3 Å². The minimum absolute atomic E-state index is 0.113. The zero-order chi connectivity index (χ0) is 22.2. The SMILES string of the molecule is Cn1ccnc1Sc1ccc(Cl)cc1NC(=O)C1CC(=O)N(c2ccc3c(c2)OCO3)C1. The van der Waals surface area contributed by atoms with Gasteiger partial charge in [-0.1, -0.05) is 11.6 Å². The highest BCUT2D eigenvalue weighted by Crippen LogP contribution is 2.38. The second kappa shape index (κ2) is 8.40. The standard InChI is InChI=1S/C22H19ClN4O4S/c1-26-7-6-24-22(26)32-19-5-2-14(23)9-16(19)25-21(29)13-8-20(28)27(11-13)15-3-4-17-18(10-15)31-12-30-17/h2-7,9-10,13H,8,11-12H2,1H3,(H,25,29). The summed E-state index contributed by atoms with van der Waals surface area (Å²) in [7, 11) is 1.90. The summed E-state index contributed by atoms with van der Waals surface area (Å²) in [4.78, 5) is 32.4. The molecule has 1 atom stereocenters. The average Bonchev–Trinajstić information content (AvgIpc) is 3.49. The fraction of sp³-hybridized carbons (Fsp3) is 0.227. The van der Waals surface area contributed by atoms with Gasteiger partial charge in [0.15, 0.2) is 16.7 Å². The van der Waals surface area contributed by atoms with Crippen molar-refractivity contribution in [3.05, 3.63) is 53.8 Å². The van der Waals surface area contributed by atoms with Gasteiger partial charge in [-0.15, -0.1) is 0 Å². The molecule has 32 heavy (non-hydrogen) atoms. The molecule has 10 heteroatoms. The summed E-state index contributed by atoms with van der Waals surface area (Å²) in [5.74, 6) is 0.410. The van der Waals surface area contributed by atoms with Gasteiger partial charge in [-0.3, -0.25) is 9.59 Å². The number of aromatic nitrogens is 2. The van der Waals surface area contributed by atoms with E-state index >= 15 is 0 Å². The molecule has 2 amide bonds. The third-order valence-electron chi connectivity index (χ3n) is 5.34. The molecule has 164 valence electrons. The Hall–Kier alpha value is -3.17. The summed E-state index contributed by atoms with van der Waals surface area (Å²) in [6.07, 6.45) is 3.69. The molecular weight excluding hydrogens is 452 g/mol. The van der Waals surface area contributed by atoms with Gasteiger partial charge in [0.25, 0.3) is 0 Å². The van der Waals surface area contributed by atoms with E-state index in [-0.39, 0.29) is 31.6 Å². The number of ether oxygens (including phenoxy) is 2. The molecule has 5 rings (SSSR count). The number of fused-ring (bicyclic) bond motifs is 1. The molecule has 8 nitrogen and oxygen atoms in total. The summed E-state index contributed by atoms with van der Waals surface area (Å²) >= 11 is 7.61. The Morgan fingerprint density at radius 3 is 2.88 bits per heavy atom. The molecule has 1 unspecified atom stereocenters. The van der Waals surface area contributed by atoms with Gasteiger partial charge in [0.1, 0.15) is 0 Å². The van der Waals surface area contributed by atoms with Crippen molar-refractivity contribution in [3.8, 4) is 11.5 Å². The number of halogens is 1. The van der Waals surface area contributed by atoms with Crippen molar-refractivity contribution in [2.75, 3.05) is 23.6 Å². The molecule has 1 aromatic heterocycles. The Morgan fingerprint density at radius 2 is 2.06 bits per heavy atom. The van der Waals surface area contributed by atoms with Gasteiger partial charge in [-0.25, -0.2) is 4.98 Å². The van der Waals surface area contributed by atoms with Crippen molar-refractivity contribution in [1.29, 1.82) is 0 Å². The molecule has 3 aromatic rings. The van der Waals surface area contributed by atoms with Crippen LogP contribution in [-0.4, -0.2) is 34.7 Å². The van der Waals surface area contributed by atoms with Crippen molar-refractivity contribution in [2.45, 2.75) is 16.5 Å². The van der Waals surface area contributed by atoms with Gasteiger partial charge in [0.05, 0.1) is 11.6 Å². The zero-order valence-electron chi connectivity index (χ0n) is 17.1. The minimum Gasteiger partial charge on any atom is -0.454 e. The summed E-state index contributed by atoms with van der Waals surface area (Å²) in [5, 5.41) is 4.25. The maximum Gasteiger partial charge on any atom is 0.231 e. The first kappa shape index (κ1) is 20.7. The normalized spacial score (nSPS) is 17.1. The van der Waals surface area contributed by atoms with E-state index in [4.69, 9.17) is 21.1 Å². The Balaban J connectivity index is 1.32. The maximum atomic E-state index is 13.0. The predicted molar refractivity (Wildman–Crippen MR) is 120 cm³/mol. The number of anilines is 2. The fourth-order valence-electron chi connectivity index (χ4n) is 3.66. The number of benzene rings is 2. The molecular formula is C22H19ClN4O4S. The van der Waals surface area contributed by atoms with E-state index in [9.17, 15) is 9.59 Å². The number of hydrogen-bond acceptors (Lipinski definition) is 6. The first-order chi connectivity index (χ1) is 15.5. The van der Waals surface area contributed by atoms with Crippen LogP contribution >= 0.6 is 23.4 Å². The topological polar surface area (TPSA) is 85.7 Å². The van der Waals surface area contributed by atoms with Crippen molar-refractivity contribution in [2.24, 2.45) is 13.0 Å². The number of carbonyl (C=O) groups excluding carboxylic acids is 2. The van der Waals surface area contributed by atoms with E-state index in [1.807, 2.05) is 23.9 Å². The minimum atomic E-state index is -0.488. The van der Waals surface area contributed by atoms with Crippen molar-refractivity contribution < 1.29 is 19.1 Å². The van der Waals surface area contributed by atoms with E-state index in [0.717, 1.165) is 10.1 Å². The Bertz CT molecular complexity index is 1210. The molecule has 2 aromatic carbocycles. The number of nitrogens with one attached hydrogen (secondary N) is 1. The molecule has 1 fully saturated rings. The van der Waals surface area contributed by atoms with Crippen molar-refractivity contribution in [1.82, 2.24) is 9.55 Å². The number of amides is 2. The highest BCUT2D eigenvalue weighted by molar-refractivity contribution is 7.99. The monoisotopic (exact) mass is 470 g/mol. The first-order valence-corrected chi connectivity index (χ1v) is 11.1. The highest BCUT2D eigenvalue weighted by Gasteiger charge is 2.36. The summed E-state index contributed by atoms with van der Waals surface area (Å²) < 4.78 is 12.6. The fourth-order valence-corrected chi connectivity index (χ4v) is 4.70. The lowest BCUT2D eigenvalue weighted by Crippen LogP contribution is -2.28. The van der Waals surface area contributed by atoms with Crippen LogP contribution in [0.15, 0.2) is 58.8 Å². The van der Waals surface area contributed by atoms with Crippen LogP contribution in [0.5, 0.6) is 11.5 Å². The number of nitrogens with zero attached hydrogens (tertiary/aromatic N) is 3. The second-order valence-corrected chi connectivity index (χ2v) is 8.94. The largest absolute Gasteiger partial charge is 0.454 e. The van der Waals surface area contributed by atoms with Crippen LogP contribution in [0.25, 0.3) is 0 Å². The van der Waals surface area contributed by atoms with Crippen LogP contribution in [0.3, 0.4) is 0 Å². The van der Waals surface area contributed by atoms with E-state index in [2.05, 4.69) is 10.3 Å². The van der Waals surface area contributed by atoms with Gasteiger partial charge >= 0.3 is 0 Å². The molecule has 0 radical (unpaired) electrons. The number of rotatable bonds is 5. The molecule has 1 N–H and O–H groups in total. The molecule has 2 aliphatic heterocycles. The number of imidazole rings is 1. The second-order valence-electron chi connectivity index (χ2n) is 7.50. The van der Waals surface area contributed by atoms with E-state index in [1.54, 1.807) is 41.4 Å². The van der Waals surface area contributed by atoms with E-state index in [0.29, 0.717) is 27.9 Å². The van der Waals surface area contributed by atoms with Crippen molar-refractivity contribution in [3.63, 3.8) is 0 Å². The zero-order valence-corrected chi connectivity index (χ0v) is 18.7. The quantitative estimate of drug-likeness (QED) is 0.607. The maximum absolute atomic E-state index is 13.0. The number of aryl methyl sites for hydroxylation is 1. The van der Waals surface area contributed by atoms with E-state index < -0.39 is 5.92 Å². The smallest absolute Gasteiger partial charge is 0.231 e. The van der Waals surface area contributed by atoms with Crippen LogP contribution in [0.2, 0.25) is 5.02 Å². The molecule has 0 bridgehead atoms. The molecule has 0 saturated carbocycles. The van der Waals surface area contributed by atoms with Crippen molar-refractivity contribution >= 4 is 46.6 Å². The Morgan fingerprint density at radius 1 is 1.22 bits per heavy atom. The van der Waals surface area contributed by atoms with Crippen LogP contribution in [0.1, 0.15) is 6.42 Å². The molecule has 2 aliphatic rings. The van der Waals surface area contributed by atoms with E-state index in [1.165, 1.54) is 11.8 Å². The predicted octanol–water partition coefficient (Wildman–Crippen LogP) is 3.95. The van der Waals surface area contributed by atoms with Gasteiger partial charge in [-0.2, -0.15) is 0 Å². The molecule has 0 aliphatic carbocycles. The van der Waals surface area contributed by atoms with Crippen LogP contribution in [-0.2, 0) is 16.6 Å². The number of hydrogen-bond donors (Lipinski definition) is 1. The van der Waals surface area contributed by atoms with Gasteiger partial charge in [0, 0.05) is 54.1 Å². The third kappa shape index (κ3) is 4.01.